The van der Waals surface area contributed by atoms with Crippen molar-refractivity contribution in [1.82, 2.24) is 10.4 Å². The van der Waals surface area contributed by atoms with Crippen LogP contribution in [0.5, 0.6) is 0 Å². The summed E-state index contributed by atoms with van der Waals surface area (Å²) < 4.78 is 39.1. The maximum Gasteiger partial charge on any atom is 0.261 e. The van der Waals surface area contributed by atoms with Gasteiger partial charge in [0.25, 0.3) is 6.64 Å². The summed E-state index contributed by atoms with van der Waals surface area (Å²) in [5.74, 6) is 0.732. The van der Waals surface area contributed by atoms with Gasteiger partial charge in [0, 0.05) is 17.7 Å². The van der Waals surface area contributed by atoms with E-state index in [9.17, 15) is 0 Å². The largest absolute Gasteiger partial charge is 0.371 e. The van der Waals surface area contributed by atoms with Crippen molar-refractivity contribution in [2.24, 2.45) is 11.8 Å². The summed E-state index contributed by atoms with van der Waals surface area (Å²) in [6.07, 6.45) is 1.82. The summed E-state index contributed by atoms with van der Waals surface area (Å²) in [5.41, 5.74) is 3.01. The fourth-order valence-corrected chi connectivity index (χ4v) is 12.5. The topological polar surface area (TPSA) is 83.8 Å². The van der Waals surface area contributed by atoms with Crippen LogP contribution in [-0.2, 0) is 44.9 Å². The van der Waals surface area contributed by atoms with E-state index in [1.54, 1.807) is 0 Å². The predicted molar refractivity (Wildman–Crippen MR) is 231 cm³/mol. The molecule has 9 nitrogen and oxygen atoms in total. The highest BCUT2D eigenvalue weighted by Crippen LogP contribution is 2.52. The molecule has 0 aliphatic carbocycles. The van der Waals surface area contributed by atoms with Gasteiger partial charge >= 0.3 is 0 Å². The standard InChI is InChI=1S/C44H63N3O6P2S/c1-9-26-50-55(56,47-40-29-35(7)52-41(40)30-49-54(48-27-25-45-8)43(32(2)3)33(4)5)51-31-42-39(28-34(6)53-42)46-44(36-19-13-10-14-20-36,37-21-15-11-16-22-37)38-23-17-12-18-24-38/h10-24,32-35,39-43,46H,9,25-31H2,1-7H3,(H,47,56)/t34-,35-,39?,40?,41+,42+,54?,55?/m0/s1. The monoisotopic (exact) mass is 823 g/mol. The molecule has 3 aromatic carbocycles. The number of hydrogen-bond acceptors (Lipinski definition) is 8. The number of benzene rings is 3. The molecule has 2 fully saturated rings. The Hall–Kier alpha value is -2.09. The lowest BCUT2D eigenvalue weighted by Crippen LogP contribution is -2.53. The van der Waals surface area contributed by atoms with Crippen LogP contribution < -0.4 is 10.4 Å². The SMILES string of the molecule is [C-]#[N+]CCOP(OC[C@H]1O[C@@H](C)CC1NP(=S)(OCCC)OC[C@H]1O[C@@H](C)CC1NC(c1ccccc1)(c1ccccc1)c1ccccc1)C(C(C)C)C(C)C. The Morgan fingerprint density at radius 3 is 1.75 bits per heavy atom. The van der Waals surface area contributed by atoms with E-state index in [2.05, 4.69) is 155 Å². The van der Waals surface area contributed by atoms with Gasteiger partial charge in [0.1, 0.15) is 6.61 Å². The Labute approximate surface area is 342 Å². The number of hydrogen-bond donors (Lipinski definition) is 2. The second-order valence-electron chi connectivity index (χ2n) is 15.7. The molecule has 4 unspecified atom stereocenters. The third kappa shape index (κ3) is 11.8. The van der Waals surface area contributed by atoms with Gasteiger partial charge in [-0.15, -0.1) is 0 Å². The smallest absolute Gasteiger partial charge is 0.261 e. The molecule has 5 rings (SSSR count). The Kier molecular flexibility index (Phi) is 17.5. The first-order valence-corrected chi connectivity index (χ1v) is 24.2. The van der Waals surface area contributed by atoms with Crippen LogP contribution >= 0.6 is 15.0 Å². The van der Waals surface area contributed by atoms with Gasteiger partial charge in [-0.05, 0) is 73.4 Å². The Morgan fingerprint density at radius 1 is 0.768 bits per heavy atom. The summed E-state index contributed by atoms with van der Waals surface area (Å²) in [6, 6.07) is 31.7. The molecule has 0 amide bonds. The highest BCUT2D eigenvalue weighted by molar-refractivity contribution is 8.09. The summed E-state index contributed by atoms with van der Waals surface area (Å²) >= 11 is 6.29. The molecule has 2 aliphatic heterocycles. The van der Waals surface area contributed by atoms with Crippen molar-refractivity contribution in [3.63, 3.8) is 0 Å². The summed E-state index contributed by atoms with van der Waals surface area (Å²) in [7, 11) is -1.25. The lowest BCUT2D eigenvalue weighted by molar-refractivity contribution is 0.0121. The van der Waals surface area contributed by atoms with E-state index >= 15 is 0 Å². The van der Waals surface area contributed by atoms with Gasteiger partial charge in [-0.3, -0.25) is 5.32 Å². The van der Waals surface area contributed by atoms with Crippen LogP contribution in [0.15, 0.2) is 91.0 Å². The van der Waals surface area contributed by atoms with Crippen molar-refractivity contribution in [2.75, 3.05) is 33.0 Å². The highest BCUT2D eigenvalue weighted by Gasteiger charge is 2.45. The normalized spacial score (nSPS) is 24.4. The molecule has 12 heteroatoms. The Morgan fingerprint density at radius 2 is 1.27 bits per heavy atom. The molecule has 0 bridgehead atoms. The van der Waals surface area contributed by atoms with E-state index in [-0.39, 0.29) is 48.8 Å². The van der Waals surface area contributed by atoms with Gasteiger partial charge in [-0.25, -0.2) is 11.7 Å². The van der Waals surface area contributed by atoms with Crippen molar-refractivity contribution in [3.05, 3.63) is 119 Å². The van der Waals surface area contributed by atoms with E-state index in [0.29, 0.717) is 38.2 Å². The molecular formula is C44H63N3O6P2S. The van der Waals surface area contributed by atoms with Crippen LogP contribution in [0.25, 0.3) is 4.85 Å². The fraction of sp³-hybridized carbons (Fsp3) is 0.568. The van der Waals surface area contributed by atoms with E-state index in [0.717, 1.165) is 36.0 Å². The van der Waals surface area contributed by atoms with Crippen molar-refractivity contribution in [2.45, 2.75) is 115 Å². The van der Waals surface area contributed by atoms with Gasteiger partial charge in [0.15, 0.2) is 8.38 Å². The number of rotatable bonds is 22. The molecule has 306 valence electrons. The van der Waals surface area contributed by atoms with Crippen LogP contribution in [-0.4, -0.2) is 75.1 Å². The van der Waals surface area contributed by atoms with Crippen molar-refractivity contribution >= 4 is 26.8 Å². The summed E-state index contributed by atoms with van der Waals surface area (Å²) in [4.78, 5) is 3.49. The number of nitrogens with zero attached hydrogens (tertiary/aromatic N) is 1. The third-order valence-corrected chi connectivity index (χ3v) is 15.6. The van der Waals surface area contributed by atoms with Crippen LogP contribution in [0, 0.1) is 18.4 Å². The minimum absolute atomic E-state index is 0.00524. The average Bonchev–Trinajstić information content (AvgIpc) is 3.73. The van der Waals surface area contributed by atoms with Gasteiger partial charge < -0.3 is 32.4 Å². The van der Waals surface area contributed by atoms with Crippen LogP contribution in [0.1, 0.15) is 84.4 Å². The lowest BCUT2D eigenvalue weighted by atomic mass is 9.76. The van der Waals surface area contributed by atoms with E-state index in [1.807, 2.05) is 0 Å². The molecule has 2 heterocycles. The molecule has 56 heavy (non-hydrogen) atoms. The van der Waals surface area contributed by atoms with Gasteiger partial charge in [0.2, 0.25) is 6.54 Å². The Bertz CT molecular complexity index is 1580. The van der Waals surface area contributed by atoms with E-state index in [1.165, 1.54) is 0 Å². The molecule has 0 radical (unpaired) electrons. The van der Waals surface area contributed by atoms with Crippen LogP contribution in [0.2, 0.25) is 0 Å². The van der Waals surface area contributed by atoms with Gasteiger partial charge in [0.05, 0.1) is 49.8 Å². The maximum atomic E-state index is 7.24. The van der Waals surface area contributed by atoms with Gasteiger partial charge in [-0.2, -0.15) is 0 Å². The molecule has 8 atom stereocenters. The molecule has 2 N–H and O–H groups in total. The maximum absolute atomic E-state index is 7.24. The average molecular weight is 824 g/mol. The molecule has 0 aromatic heterocycles. The second kappa shape index (κ2) is 21.8. The summed E-state index contributed by atoms with van der Waals surface area (Å²) in [5, 5.41) is 7.81. The molecular weight excluding hydrogens is 761 g/mol. The lowest BCUT2D eigenvalue weighted by Gasteiger charge is -2.40. The first-order valence-electron chi connectivity index (χ1n) is 20.3. The van der Waals surface area contributed by atoms with Crippen molar-refractivity contribution < 1.29 is 27.6 Å². The number of nitrogens with one attached hydrogen (secondary N) is 2. The molecule has 0 saturated carbocycles. The first kappa shape index (κ1) is 45.0. The van der Waals surface area contributed by atoms with Crippen molar-refractivity contribution in [1.29, 1.82) is 0 Å². The van der Waals surface area contributed by atoms with Gasteiger partial charge in [-0.1, -0.05) is 126 Å². The zero-order valence-electron chi connectivity index (χ0n) is 34.2. The van der Waals surface area contributed by atoms with Crippen LogP contribution in [0.4, 0.5) is 0 Å². The quantitative estimate of drug-likeness (QED) is 0.0446. The minimum Gasteiger partial charge on any atom is -0.371 e. The van der Waals surface area contributed by atoms with Crippen LogP contribution in [0.3, 0.4) is 0 Å². The zero-order chi connectivity index (χ0) is 40.1. The van der Waals surface area contributed by atoms with E-state index in [4.69, 9.17) is 45.9 Å². The summed E-state index contributed by atoms with van der Waals surface area (Å²) in [6.45, 7) is 21.1. The molecule has 2 aliphatic rings. The highest BCUT2D eigenvalue weighted by atomic mass is 32.5. The third-order valence-electron chi connectivity index (χ3n) is 10.5. The fourth-order valence-electron chi connectivity index (χ4n) is 8.09. The predicted octanol–water partition coefficient (Wildman–Crippen LogP) is 9.86. The molecule has 2 saturated heterocycles. The molecule has 0 spiro atoms. The van der Waals surface area contributed by atoms with E-state index < -0.39 is 20.6 Å². The second-order valence-corrected chi connectivity index (χ2v) is 20.6. The first-order chi connectivity index (χ1) is 27.0. The molecule has 3 aromatic rings. The minimum atomic E-state index is -3.01. The zero-order valence-corrected chi connectivity index (χ0v) is 36.8. The van der Waals surface area contributed by atoms with Crippen molar-refractivity contribution in [3.8, 4) is 0 Å². The Balaban J connectivity index is 1.36. The number of ether oxygens (including phenoxy) is 2.